The van der Waals surface area contributed by atoms with E-state index in [1.54, 1.807) is 11.3 Å². The number of aromatic nitrogens is 1. The molecule has 0 aliphatic carbocycles. The van der Waals surface area contributed by atoms with E-state index in [1.165, 1.54) is 10.4 Å². The van der Waals surface area contributed by atoms with E-state index in [0.29, 0.717) is 0 Å². The highest BCUT2D eigenvalue weighted by Crippen LogP contribution is 2.44. The maximum Gasteiger partial charge on any atom is 0.174 e. The number of aryl methyl sites for hydroxylation is 1. The number of nitrogens with zero attached hydrogens (tertiary/aromatic N) is 2. The molecule has 4 rings (SSSR count). The highest BCUT2D eigenvalue weighted by molar-refractivity contribution is 9.11. The topological polar surface area (TPSA) is 28.2 Å². The molecule has 0 amide bonds. The lowest BCUT2D eigenvalue weighted by Gasteiger charge is -2.27. The Morgan fingerprint density at radius 1 is 1.12 bits per heavy atom. The molecule has 1 N–H and O–H groups in total. The number of halogens is 1. The van der Waals surface area contributed by atoms with Gasteiger partial charge < -0.3 is 10.2 Å². The fourth-order valence-corrected chi connectivity index (χ4v) is 5.01. The number of pyridine rings is 1. The Balaban J connectivity index is 1.81. The van der Waals surface area contributed by atoms with Crippen LogP contribution in [-0.4, -0.2) is 10.1 Å². The first-order valence-electron chi connectivity index (χ1n) is 7.96. The number of benzene rings is 1. The second-order valence-electron chi connectivity index (χ2n) is 5.97. The van der Waals surface area contributed by atoms with Crippen LogP contribution in [0.3, 0.4) is 0 Å². The van der Waals surface area contributed by atoms with Crippen LogP contribution >= 0.6 is 39.5 Å². The van der Waals surface area contributed by atoms with Crippen LogP contribution in [0.2, 0.25) is 0 Å². The third kappa shape index (κ3) is 3.21. The zero-order valence-corrected chi connectivity index (χ0v) is 16.7. The summed E-state index contributed by atoms with van der Waals surface area (Å²) in [4.78, 5) is 8.01. The molecule has 0 spiro atoms. The molecule has 3 aromatic rings. The quantitative estimate of drug-likeness (QED) is 0.564. The Labute approximate surface area is 164 Å². The van der Waals surface area contributed by atoms with Crippen molar-refractivity contribution in [1.29, 1.82) is 0 Å². The number of thiophene rings is 1. The summed E-state index contributed by atoms with van der Waals surface area (Å²) >= 11 is 11.0. The van der Waals surface area contributed by atoms with Crippen molar-refractivity contribution in [2.45, 2.75) is 19.0 Å². The first kappa shape index (κ1) is 16.7. The summed E-state index contributed by atoms with van der Waals surface area (Å²) in [5.41, 5.74) is 3.32. The van der Waals surface area contributed by atoms with Gasteiger partial charge in [-0.1, -0.05) is 23.8 Å². The normalized spacial score (nSPS) is 19.9. The molecule has 1 saturated heterocycles. The molecule has 0 radical (unpaired) electrons. The summed E-state index contributed by atoms with van der Waals surface area (Å²) in [6.45, 7) is 2.09. The van der Waals surface area contributed by atoms with Crippen molar-refractivity contribution >= 4 is 50.3 Å². The largest absolute Gasteiger partial charge is 0.351 e. The zero-order valence-electron chi connectivity index (χ0n) is 13.5. The Hall–Kier alpha value is -1.76. The maximum atomic E-state index is 5.70. The average molecular weight is 430 g/mol. The van der Waals surface area contributed by atoms with Gasteiger partial charge in [0.05, 0.1) is 21.6 Å². The molecule has 0 bridgehead atoms. The molecule has 1 aliphatic heterocycles. The minimum absolute atomic E-state index is 0.0144. The predicted octanol–water partition coefficient (Wildman–Crippen LogP) is 5.39. The smallest absolute Gasteiger partial charge is 0.174 e. The van der Waals surface area contributed by atoms with E-state index in [-0.39, 0.29) is 12.1 Å². The second kappa shape index (κ2) is 6.86. The van der Waals surface area contributed by atoms with Gasteiger partial charge in [-0.25, -0.2) is 0 Å². The summed E-state index contributed by atoms with van der Waals surface area (Å²) in [6, 6.07) is 18.8. The van der Waals surface area contributed by atoms with E-state index in [9.17, 15) is 0 Å². The van der Waals surface area contributed by atoms with Crippen LogP contribution in [0.4, 0.5) is 5.69 Å². The van der Waals surface area contributed by atoms with Crippen LogP contribution in [0.1, 0.15) is 28.2 Å². The Morgan fingerprint density at radius 2 is 1.92 bits per heavy atom. The van der Waals surface area contributed by atoms with E-state index in [0.717, 1.165) is 20.3 Å². The van der Waals surface area contributed by atoms with Gasteiger partial charge in [0.15, 0.2) is 5.11 Å². The molecule has 126 valence electrons. The van der Waals surface area contributed by atoms with Gasteiger partial charge in [0.1, 0.15) is 0 Å². The van der Waals surface area contributed by atoms with Crippen LogP contribution in [0.15, 0.2) is 64.6 Å². The van der Waals surface area contributed by atoms with Gasteiger partial charge in [-0.15, -0.1) is 11.3 Å². The molecule has 2 unspecified atom stereocenters. The Morgan fingerprint density at radius 3 is 2.56 bits per heavy atom. The van der Waals surface area contributed by atoms with Crippen molar-refractivity contribution in [2.75, 3.05) is 4.90 Å². The molecule has 3 nitrogen and oxygen atoms in total. The SMILES string of the molecule is Cc1ccc(N2C(=S)NC(c3ccccn3)C2c2ccc(Br)s2)cc1. The van der Waals surface area contributed by atoms with E-state index in [4.69, 9.17) is 12.2 Å². The summed E-state index contributed by atoms with van der Waals surface area (Å²) in [7, 11) is 0. The lowest BCUT2D eigenvalue weighted by Crippen LogP contribution is -2.29. The molecule has 0 saturated carbocycles. The number of nitrogens with one attached hydrogen (secondary N) is 1. The van der Waals surface area contributed by atoms with Gasteiger partial charge in [0.2, 0.25) is 0 Å². The van der Waals surface area contributed by atoms with Crippen LogP contribution in [0.25, 0.3) is 0 Å². The highest BCUT2D eigenvalue weighted by atomic mass is 79.9. The number of hydrogen-bond acceptors (Lipinski definition) is 3. The molecule has 1 aromatic carbocycles. The van der Waals surface area contributed by atoms with Gasteiger partial charge in [-0.05, 0) is 71.5 Å². The maximum absolute atomic E-state index is 5.70. The van der Waals surface area contributed by atoms with E-state index in [1.807, 2.05) is 18.3 Å². The van der Waals surface area contributed by atoms with Crippen LogP contribution in [-0.2, 0) is 0 Å². The van der Waals surface area contributed by atoms with Gasteiger partial charge >= 0.3 is 0 Å². The van der Waals surface area contributed by atoms with Crippen molar-refractivity contribution in [2.24, 2.45) is 0 Å². The number of thiocarbonyl (C=S) groups is 1. The average Bonchev–Trinajstić information content (AvgIpc) is 3.20. The molecular formula is C19H16BrN3S2. The van der Waals surface area contributed by atoms with Crippen molar-refractivity contribution < 1.29 is 0 Å². The van der Waals surface area contributed by atoms with E-state index in [2.05, 4.69) is 80.5 Å². The second-order valence-corrected chi connectivity index (χ2v) is 8.86. The minimum Gasteiger partial charge on any atom is -0.351 e. The Bertz CT molecular complexity index is 893. The van der Waals surface area contributed by atoms with Gasteiger partial charge in [-0.3, -0.25) is 4.98 Å². The summed E-state index contributed by atoms with van der Waals surface area (Å²) < 4.78 is 1.11. The summed E-state index contributed by atoms with van der Waals surface area (Å²) in [5.74, 6) is 0. The molecular weight excluding hydrogens is 414 g/mol. The van der Waals surface area contributed by atoms with Crippen LogP contribution in [0, 0.1) is 6.92 Å². The standard InChI is InChI=1S/C19H16BrN3S2/c1-12-5-7-13(8-6-12)23-18(15-9-10-16(20)25-15)17(22-19(23)24)14-4-2-3-11-21-14/h2-11,17-18H,1H3,(H,22,24). The monoisotopic (exact) mass is 429 g/mol. The number of hydrogen-bond donors (Lipinski definition) is 1. The number of anilines is 1. The minimum atomic E-state index is 0.0144. The lowest BCUT2D eigenvalue weighted by atomic mass is 10.0. The van der Waals surface area contributed by atoms with Crippen LogP contribution < -0.4 is 10.2 Å². The summed E-state index contributed by atoms with van der Waals surface area (Å²) in [5, 5.41) is 4.21. The highest BCUT2D eigenvalue weighted by Gasteiger charge is 2.41. The van der Waals surface area contributed by atoms with Crippen molar-refractivity contribution in [3.8, 4) is 0 Å². The summed E-state index contributed by atoms with van der Waals surface area (Å²) in [6.07, 6.45) is 1.83. The Kier molecular flexibility index (Phi) is 4.58. The van der Waals surface area contributed by atoms with E-state index < -0.39 is 0 Å². The van der Waals surface area contributed by atoms with Crippen molar-refractivity contribution in [3.05, 3.63) is 80.7 Å². The van der Waals surface area contributed by atoms with E-state index >= 15 is 0 Å². The van der Waals surface area contributed by atoms with Crippen molar-refractivity contribution in [1.82, 2.24) is 10.3 Å². The molecule has 2 atom stereocenters. The van der Waals surface area contributed by atoms with Gasteiger partial charge in [0.25, 0.3) is 0 Å². The molecule has 3 heterocycles. The van der Waals surface area contributed by atoms with Gasteiger partial charge in [0, 0.05) is 16.8 Å². The van der Waals surface area contributed by atoms with Crippen molar-refractivity contribution in [3.63, 3.8) is 0 Å². The molecule has 1 aliphatic rings. The predicted molar refractivity (Wildman–Crippen MR) is 111 cm³/mol. The molecule has 1 fully saturated rings. The lowest BCUT2D eigenvalue weighted by molar-refractivity contribution is 0.575. The molecule has 6 heteroatoms. The first-order valence-corrected chi connectivity index (χ1v) is 9.98. The van der Waals surface area contributed by atoms with Gasteiger partial charge in [-0.2, -0.15) is 0 Å². The fraction of sp³-hybridized carbons (Fsp3) is 0.158. The zero-order chi connectivity index (χ0) is 17.4. The molecule has 25 heavy (non-hydrogen) atoms. The third-order valence-corrected chi connectivity index (χ3v) is 6.30. The number of rotatable bonds is 3. The third-order valence-electron chi connectivity index (χ3n) is 4.30. The fourth-order valence-electron chi connectivity index (χ4n) is 3.11. The molecule has 2 aromatic heterocycles. The van der Waals surface area contributed by atoms with Crippen LogP contribution in [0.5, 0.6) is 0 Å². The first-order chi connectivity index (χ1) is 12.1.